The fourth-order valence-corrected chi connectivity index (χ4v) is 3.87. The number of halogens is 1. The Balaban J connectivity index is 2.23. The van der Waals surface area contributed by atoms with E-state index in [0.717, 1.165) is 24.0 Å². The fourth-order valence-electron chi connectivity index (χ4n) is 3.55. The van der Waals surface area contributed by atoms with E-state index in [2.05, 4.69) is 18.4 Å². The number of ketones is 1. The maximum Gasteiger partial charge on any atom is 0.219 e. The predicted molar refractivity (Wildman–Crippen MR) is 108 cm³/mol. The molecule has 1 amide bonds. The minimum atomic E-state index is -0.460. The SMILES string of the molecule is C=C1CC(CCN(C)C(C)=O)CC(=O)C1c1c(Cl)cc(C#CC)cc1OC. The number of hydrogen-bond donors (Lipinski definition) is 0. The zero-order chi connectivity index (χ0) is 20.1. The molecule has 0 spiro atoms. The second kappa shape index (κ2) is 9.10. The van der Waals surface area contributed by atoms with Crippen molar-refractivity contribution >= 4 is 23.3 Å². The Labute approximate surface area is 166 Å². The second-order valence-corrected chi connectivity index (χ2v) is 7.42. The lowest BCUT2D eigenvalue weighted by atomic mass is 9.73. The van der Waals surface area contributed by atoms with Crippen molar-refractivity contribution in [1.29, 1.82) is 0 Å². The van der Waals surface area contributed by atoms with Crippen molar-refractivity contribution in [3.05, 3.63) is 40.4 Å². The van der Waals surface area contributed by atoms with E-state index in [9.17, 15) is 9.59 Å². The molecule has 0 bridgehead atoms. The first-order valence-electron chi connectivity index (χ1n) is 9.00. The number of methoxy groups -OCH3 is 1. The number of ether oxygens (including phenoxy) is 1. The molecule has 1 aliphatic carbocycles. The first-order valence-corrected chi connectivity index (χ1v) is 9.38. The van der Waals surface area contributed by atoms with E-state index in [1.165, 1.54) is 0 Å². The number of carbonyl (C=O) groups excluding carboxylic acids is 2. The maximum atomic E-state index is 12.9. The Hall–Kier alpha value is -2.25. The van der Waals surface area contributed by atoms with Gasteiger partial charge in [-0.15, -0.1) is 5.92 Å². The molecular weight excluding hydrogens is 362 g/mol. The molecule has 1 saturated carbocycles. The number of allylic oxidation sites excluding steroid dienone is 1. The van der Waals surface area contributed by atoms with Gasteiger partial charge in [-0.05, 0) is 37.8 Å². The van der Waals surface area contributed by atoms with Gasteiger partial charge in [-0.1, -0.05) is 29.7 Å². The summed E-state index contributed by atoms with van der Waals surface area (Å²) in [5.41, 5.74) is 2.27. The lowest BCUT2D eigenvalue weighted by Crippen LogP contribution is -2.30. The van der Waals surface area contributed by atoms with Crippen LogP contribution in [0.4, 0.5) is 0 Å². The van der Waals surface area contributed by atoms with Crippen LogP contribution in [0.15, 0.2) is 24.3 Å². The zero-order valence-corrected chi connectivity index (χ0v) is 17.2. The van der Waals surface area contributed by atoms with Crippen molar-refractivity contribution in [3.8, 4) is 17.6 Å². The number of carbonyl (C=O) groups is 2. The Bertz CT molecular complexity index is 801. The van der Waals surface area contributed by atoms with E-state index in [0.29, 0.717) is 29.3 Å². The van der Waals surface area contributed by atoms with E-state index in [-0.39, 0.29) is 17.6 Å². The third-order valence-corrected chi connectivity index (χ3v) is 5.36. The van der Waals surface area contributed by atoms with Gasteiger partial charge in [0.25, 0.3) is 0 Å². The highest BCUT2D eigenvalue weighted by Crippen LogP contribution is 2.44. The third kappa shape index (κ3) is 4.93. The summed E-state index contributed by atoms with van der Waals surface area (Å²) in [6, 6.07) is 3.58. The predicted octanol–water partition coefficient (Wildman–Crippen LogP) is 4.21. The van der Waals surface area contributed by atoms with Crippen molar-refractivity contribution in [2.75, 3.05) is 20.7 Å². The molecule has 144 valence electrons. The number of rotatable bonds is 5. The molecule has 1 fully saturated rings. The van der Waals surface area contributed by atoms with Gasteiger partial charge in [-0.2, -0.15) is 0 Å². The summed E-state index contributed by atoms with van der Waals surface area (Å²) >= 11 is 6.50. The number of hydrogen-bond acceptors (Lipinski definition) is 3. The monoisotopic (exact) mass is 387 g/mol. The van der Waals surface area contributed by atoms with Gasteiger partial charge in [0.05, 0.1) is 13.0 Å². The molecule has 1 aromatic rings. The molecule has 2 unspecified atom stereocenters. The Morgan fingerprint density at radius 1 is 1.41 bits per heavy atom. The minimum absolute atomic E-state index is 0.0284. The Morgan fingerprint density at radius 2 is 2.11 bits per heavy atom. The first kappa shape index (κ1) is 21.1. The summed E-state index contributed by atoms with van der Waals surface area (Å²) < 4.78 is 5.51. The van der Waals surface area contributed by atoms with Gasteiger partial charge in [-0.25, -0.2) is 0 Å². The van der Waals surface area contributed by atoms with Gasteiger partial charge in [0.2, 0.25) is 5.91 Å². The third-order valence-electron chi connectivity index (χ3n) is 5.05. The maximum absolute atomic E-state index is 12.9. The van der Waals surface area contributed by atoms with Crippen LogP contribution < -0.4 is 4.74 Å². The summed E-state index contributed by atoms with van der Waals surface area (Å²) in [7, 11) is 3.34. The lowest BCUT2D eigenvalue weighted by Gasteiger charge is -2.32. The van der Waals surface area contributed by atoms with Crippen molar-refractivity contribution in [2.24, 2.45) is 5.92 Å². The lowest BCUT2D eigenvalue weighted by molar-refractivity contribution is -0.127. The molecule has 1 aromatic carbocycles. The van der Waals surface area contributed by atoms with Crippen LogP contribution in [0, 0.1) is 17.8 Å². The number of amides is 1. The van der Waals surface area contributed by atoms with Crippen LogP contribution in [0.2, 0.25) is 5.02 Å². The van der Waals surface area contributed by atoms with Crippen molar-refractivity contribution in [2.45, 2.75) is 39.0 Å². The summed E-state index contributed by atoms with van der Waals surface area (Å²) in [4.78, 5) is 26.0. The number of benzene rings is 1. The van der Waals surface area contributed by atoms with Gasteiger partial charge < -0.3 is 9.64 Å². The quantitative estimate of drug-likeness (QED) is 0.561. The molecule has 27 heavy (non-hydrogen) atoms. The summed E-state index contributed by atoms with van der Waals surface area (Å²) in [5.74, 6) is 6.22. The molecule has 2 rings (SSSR count). The van der Waals surface area contributed by atoms with Crippen LogP contribution in [0.25, 0.3) is 0 Å². The van der Waals surface area contributed by atoms with Gasteiger partial charge in [-0.3, -0.25) is 9.59 Å². The fraction of sp³-hybridized carbons (Fsp3) is 0.455. The van der Waals surface area contributed by atoms with E-state index < -0.39 is 5.92 Å². The minimum Gasteiger partial charge on any atom is -0.496 e. The van der Waals surface area contributed by atoms with Crippen LogP contribution in [0.3, 0.4) is 0 Å². The van der Waals surface area contributed by atoms with Gasteiger partial charge >= 0.3 is 0 Å². The number of Topliss-reactive ketones (excluding diaryl/α,β-unsaturated/α-hetero) is 1. The van der Waals surface area contributed by atoms with Gasteiger partial charge in [0.15, 0.2) is 0 Å². The molecule has 0 aliphatic heterocycles. The summed E-state index contributed by atoms with van der Waals surface area (Å²) in [6.45, 7) is 8.10. The smallest absolute Gasteiger partial charge is 0.219 e. The standard InChI is InChI=1S/C22H26ClNO3/c1-6-7-16-11-18(23)22(20(13-16)27-5)21-14(2)10-17(12-19(21)26)8-9-24(4)15(3)25/h11,13,17,21H,2,8-10,12H2,1,3-5H3. The van der Waals surface area contributed by atoms with Crippen molar-refractivity contribution in [3.63, 3.8) is 0 Å². The number of nitrogens with zero attached hydrogens (tertiary/aromatic N) is 1. The van der Waals surface area contributed by atoms with Crippen LogP contribution in [-0.4, -0.2) is 37.3 Å². The molecule has 0 saturated heterocycles. The molecule has 0 heterocycles. The Morgan fingerprint density at radius 3 is 2.67 bits per heavy atom. The van der Waals surface area contributed by atoms with E-state index in [1.807, 2.05) is 6.07 Å². The highest BCUT2D eigenvalue weighted by atomic mass is 35.5. The highest BCUT2D eigenvalue weighted by Gasteiger charge is 2.35. The Kier molecular flexibility index (Phi) is 7.10. The largest absolute Gasteiger partial charge is 0.496 e. The van der Waals surface area contributed by atoms with Crippen molar-refractivity contribution in [1.82, 2.24) is 4.90 Å². The topological polar surface area (TPSA) is 46.6 Å². The van der Waals surface area contributed by atoms with Gasteiger partial charge in [0, 0.05) is 43.1 Å². The van der Waals surface area contributed by atoms with E-state index in [4.69, 9.17) is 16.3 Å². The van der Waals surface area contributed by atoms with Crippen molar-refractivity contribution < 1.29 is 14.3 Å². The highest BCUT2D eigenvalue weighted by molar-refractivity contribution is 6.32. The molecule has 0 aromatic heterocycles. The molecule has 4 nitrogen and oxygen atoms in total. The molecule has 5 heteroatoms. The van der Waals surface area contributed by atoms with Crippen LogP contribution >= 0.6 is 11.6 Å². The first-order chi connectivity index (χ1) is 12.8. The van der Waals surface area contributed by atoms with E-state index >= 15 is 0 Å². The average molecular weight is 388 g/mol. The normalized spacial score (nSPS) is 19.3. The molecule has 2 atom stereocenters. The molecule has 1 aliphatic rings. The van der Waals surface area contributed by atoms with E-state index in [1.54, 1.807) is 39.0 Å². The molecule has 0 radical (unpaired) electrons. The summed E-state index contributed by atoms with van der Waals surface area (Å²) in [6.07, 6.45) is 1.97. The molecular formula is C22H26ClNO3. The molecule has 0 N–H and O–H groups in total. The zero-order valence-electron chi connectivity index (χ0n) is 16.4. The van der Waals surface area contributed by atoms with Crippen LogP contribution in [0.1, 0.15) is 50.2 Å². The second-order valence-electron chi connectivity index (χ2n) is 7.01. The summed E-state index contributed by atoms with van der Waals surface area (Å²) in [5, 5.41) is 0.473. The van der Waals surface area contributed by atoms with Crippen LogP contribution in [0.5, 0.6) is 5.75 Å². The average Bonchev–Trinajstić information content (AvgIpc) is 2.60. The van der Waals surface area contributed by atoms with Gasteiger partial charge in [0.1, 0.15) is 11.5 Å². The van der Waals surface area contributed by atoms with Crippen LogP contribution in [-0.2, 0) is 9.59 Å².